The van der Waals surface area contributed by atoms with Crippen LogP contribution >= 0.6 is 0 Å². The van der Waals surface area contributed by atoms with Gasteiger partial charge in [-0.25, -0.2) is 9.78 Å². The lowest BCUT2D eigenvalue weighted by Crippen LogP contribution is -2.17. The molecule has 3 heterocycles. The van der Waals surface area contributed by atoms with Gasteiger partial charge >= 0.3 is 5.97 Å². The van der Waals surface area contributed by atoms with Gasteiger partial charge in [-0.2, -0.15) is 0 Å². The maximum Gasteiger partial charge on any atom is 0.360 e. The number of nitrogens with one attached hydrogen (secondary N) is 1. The summed E-state index contributed by atoms with van der Waals surface area (Å²) >= 11 is 0. The van der Waals surface area contributed by atoms with Gasteiger partial charge in [-0.05, 0) is 31.2 Å². The summed E-state index contributed by atoms with van der Waals surface area (Å²) in [5.74, 6) is -0.661. The number of pyridine rings is 2. The van der Waals surface area contributed by atoms with Crippen LogP contribution in [0.3, 0.4) is 0 Å². The van der Waals surface area contributed by atoms with Crippen molar-refractivity contribution in [2.75, 3.05) is 11.9 Å². The zero-order valence-corrected chi connectivity index (χ0v) is 12.4. The first kappa shape index (κ1) is 14.7. The molecule has 0 saturated carbocycles. The van der Waals surface area contributed by atoms with E-state index in [0.29, 0.717) is 11.2 Å². The average Bonchev–Trinajstić information content (AvgIpc) is 2.95. The second-order valence-corrected chi connectivity index (χ2v) is 4.65. The summed E-state index contributed by atoms with van der Waals surface area (Å²) in [6.07, 6.45) is 4.76. The molecule has 116 valence electrons. The van der Waals surface area contributed by atoms with Crippen LogP contribution in [-0.4, -0.2) is 32.9 Å². The van der Waals surface area contributed by atoms with E-state index in [2.05, 4.69) is 15.3 Å². The normalized spacial score (nSPS) is 10.5. The number of amides is 1. The van der Waals surface area contributed by atoms with E-state index in [1.165, 1.54) is 12.4 Å². The molecule has 0 bridgehead atoms. The number of hydrogen-bond acceptors (Lipinski definition) is 5. The summed E-state index contributed by atoms with van der Waals surface area (Å²) in [4.78, 5) is 32.6. The summed E-state index contributed by atoms with van der Waals surface area (Å²) < 4.78 is 6.64. The number of aromatic nitrogens is 3. The highest BCUT2D eigenvalue weighted by molar-refractivity contribution is 6.07. The topological polar surface area (TPSA) is 85.6 Å². The number of anilines is 1. The predicted octanol–water partition coefficient (Wildman–Crippen LogP) is 2.16. The van der Waals surface area contributed by atoms with E-state index in [4.69, 9.17) is 4.74 Å². The van der Waals surface area contributed by atoms with Gasteiger partial charge in [0.15, 0.2) is 11.5 Å². The van der Waals surface area contributed by atoms with E-state index >= 15 is 0 Å². The maximum absolute atomic E-state index is 12.4. The lowest BCUT2D eigenvalue weighted by atomic mass is 10.2. The van der Waals surface area contributed by atoms with E-state index in [1.54, 1.807) is 47.9 Å². The summed E-state index contributed by atoms with van der Waals surface area (Å²) in [5, 5.41) is 2.72. The Morgan fingerprint density at radius 1 is 1.22 bits per heavy atom. The zero-order valence-electron chi connectivity index (χ0n) is 12.4. The third-order valence-electron chi connectivity index (χ3n) is 3.17. The van der Waals surface area contributed by atoms with Crippen LogP contribution < -0.4 is 5.32 Å². The number of ether oxygens (including phenoxy) is 1. The molecule has 0 aliphatic carbocycles. The van der Waals surface area contributed by atoms with Crippen LogP contribution in [-0.2, 0) is 4.74 Å². The smallest absolute Gasteiger partial charge is 0.360 e. The molecule has 7 nitrogen and oxygen atoms in total. The molecule has 0 fully saturated rings. The van der Waals surface area contributed by atoms with Gasteiger partial charge in [0.1, 0.15) is 5.65 Å². The molecule has 3 aromatic rings. The Hall–Kier alpha value is -3.22. The fraction of sp³-hybridized carbons (Fsp3) is 0.125. The number of fused-ring (bicyclic) bond motifs is 1. The van der Waals surface area contributed by atoms with E-state index in [-0.39, 0.29) is 24.0 Å². The van der Waals surface area contributed by atoms with Crippen LogP contribution in [0.4, 0.5) is 5.82 Å². The molecule has 1 N–H and O–H groups in total. The van der Waals surface area contributed by atoms with Crippen molar-refractivity contribution < 1.29 is 14.3 Å². The first-order chi connectivity index (χ1) is 11.2. The molecule has 0 spiro atoms. The molecule has 1 amide bonds. The highest BCUT2D eigenvalue weighted by Gasteiger charge is 2.22. The molecule has 23 heavy (non-hydrogen) atoms. The van der Waals surface area contributed by atoms with E-state index in [1.807, 2.05) is 0 Å². The van der Waals surface area contributed by atoms with E-state index < -0.39 is 5.97 Å². The summed E-state index contributed by atoms with van der Waals surface area (Å²) in [6.45, 7) is 1.94. The molecule has 0 aliphatic rings. The Labute approximate surface area is 131 Å². The van der Waals surface area contributed by atoms with Crippen LogP contribution in [0.5, 0.6) is 0 Å². The number of nitrogens with zero attached hydrogens (tertiary/aromatic N) is 3. The number of carbonyl (C=O) groups is 2. The predicted molar refractivity (Wildman–Crippen MR) is 83.3 cm³/mol. The van der Waals surface area contributed by atoms with Crippen molar-refractivity contribution in [3.63, 3.8) is 0 Å². The Bertz CT molecular complexity index is 858. The standard InChI is InChI=1S/C16H14N4O3/c1-2-23-16(22)13-14(20-10-4-3-5-12(20)18-13)19-15(21)11-6-8-17-9-7-11/h3-10H,2H2,1H3,(H,19,21). The summed E-state index contributed by atoms with van der Waals surface area (Å²) in [6, 6.07) is 8.49. The molecular formula is C16H14N4O3. The molecule has 0 radical (unpaired) electrons. The first-order valence-electron chi connectivity index (χ1n) is 7.06. The quantitative estimate of drug-likeness (QED) is 0.746. The van der Waals surface area contributed by atoms with Crippen LogP contribution in [0, 0.1) is 0 Å². The number of hydrogen-bond donors (Lipinski definition) is 1. The lowest BCUT2D eigenvalue weighted by molar-refractivity contribution is 0.0521. The first-order valence-corrected chi connectivity index (χ1v) is 7.06. The van der Waals surface area contributed by atoms with E-state index in [0.717, 1.165) is 0 Å². The molecular weight excluding hydrogens is 296 g/mol. The average molecular weight is 310 g/mol. The Morgan fingerprint density at radius 2 is 2.00 bits per heavy atom. The number of rotatable bonds is 4. The van der Waals surface area contributed by atoms with Crippen LogP contribution in [0.15, 0.2) is 48.9 Å². The maximum atomic E-state index is 12.4. The van der Waals surface area contributed by atoms with Gasteiger partial charge in [0.2, 0.25) is 0 Å². The molecule has 3 aromatic heterocycles. The minimum atomic E-state index is -0.582. The largest absolute Gasteiger partial charge is 0.461 e. The number of imidazole rings is 1. The monoisotopic (exact) mass is 310 g/mol. The van der Waals surface area contributed by atoms with Gasteiger partial charge in [-0.3, -0.25) is 14.2 Å². The minimum absolute atomic E-state index is 0.0699. The molecule has 0 aromatic carbocycles. The van der Waals surface area contributed by atoms with Gasteiger partial charge in [-0.1, -0.05) is 6.07 Å². The number of esters is 1. The lowest BCUT2D eigenvalue weighted by Gasteiger charge is -2.07. The number of carbonyl (C=O) groups excluding carboxylic acids is 2. The molecule has 0 atom stereocenters. The van der Waals surface area contributed by atoms with Gasteiger partial charge < -0.3 is 10.1 Å². The highest BCUT2D eigenvalue weighted by atomic mass is 16.5. The van der Waals surface area contributed by atoms with Crippen LogP contribution in [0.25, 0.3) is 5.65 Å². The fourth-order valence-corrected chi connectivity index (χ4v) is 2.14. The van der Waals surface area contributed by atoms with Crippen molar-refractivity contribution in [3.8, 4) is 0 Å². The van der Waals surface area contributed by atoms with Crippen molar-refractivity contribution in [2.24, 2.45) is 0 Å². The Kier molecular flexibility index (Phi) is 4.01. The second kappa shape index (κ2) is 6.27. The van der Waals surface area contributed by atoms with Gasteiger partial charge in [0.25, 0.3) is 5.91 Å². The molecule has 0 unspecified atom stereocenters. The molecule has 7 heteroatoms. The highest BCUT2D eigenvalue weighted by Crippen LogP contribution is 2.20. The van der Waals surface area contributed by atoms with Crippen molar-refractivity contribution in [1.29, 1.82) is 0 Å². The van der Waals surface area contributed by atoms with Crippen molar-refractivity contribution in [2.45, 2.75) is 6.92 Å². The Balaban J connectivity index is 2.02. The Morgan fingerprint density at radius 3 is 2.74 bits per heavy atom. The van der Waals surface area contributed by atoms with Crippen molar-refractivity contribution in [1.82, 2.24) is 14.4 Å². The molecule has 0 aliphatic heterocycles. The third kappa shape index (κ3) is 2.89. The van der Waals surface area contributed by atoms with Gasteiger partial charge in [0.05, 0.1) is 6.61 Å². The zero-order chi connectivity index (χ0) is 16.2. The van der Waals surface area contributed by atoms with Gasteiger partial charge in [0, 0.05) is 24.2 Å². The van der Waals surface area contributed by atoms with Gasteiger partial charge in [-0.15, -0.1) is 0 Å². The van der Waals surface area contributed by atoms with Crippen molar-refractivity contribution in [3.05, 3.63) is 60.2 Å². The van der Waals surface area contributed by atoms with Crippen molar-refractivity contribution >= 4 is 23.3 Å². The summed E-state index contributed by atoms with van der Waals surface area (Å²) in [7, 11) is 0. The SMILES string of the molecule is CCOC(=O)c1nc2ccccn2c1NC(=O)c1ccncc1. The van der Waals surface area contributed by atoms with Crippen LogP contribution in [0.1, 0.15) is 27.8 Å². The van der Waals surface area contributed by atoms with E-state index in [9.17, 15) is 9.59 Å². The minimum Gasteiger partial charge on any atom is -0.461 e. The molecule has 3 rings (SSSR count). The third-order valence-corrected chi connectivity index (χ3v) is 3.17. The summed E-state index contributed by atoms with van der Waals surface area (Å²) in [5.41, 5.74) is 1.04. The van der Waals surface area contributed by atoms with Crippen LogP contribution in [0.2, 0.25) is 0 Å². The second-order valence-electron chi connectivity index (χ2n) is 4.65. The fourth-order valence-electron chi connectivity index (χ4n) is 2.14. The molecule has 0 saturated heterocycles.